The summed E-state index contributed by atoms with van der Waals surface area (Å²) in [5, 5.41) is 3.21. The fraction of sp³-hybridized carbons (Fsp3) is 0.588. The number of fused-ring (bicyclic) bond motifs is 1. The molecule has 0 saturated heterocycles. The first-order chi connectivity index (χ1) is 10.1. The summed E-state index contributed by atoms with van der Waals surface area (Å²) >= 11 is 0. The van der Waals surface area contributed by atoms with E-state index < -0.39 is 0 Å². The summed E-state index contributed by atoms with van der Waals surface area (Å²) < 4.78 is 11.2. The molecule has 1 heterocycles. The first-order valence-corrected chi connectivity index (χ1v) is 7.85. The first kappa shape index (κ1) is 14.2. The predicted molar refractivity (Wildman–Crippen MR) is 80.5 cm³/mol. The minimum absolute atomic E-state index is 0.0222. The lowest BCUT2D eigenvalue weighted by Crippen LogP contribution is -2.38. The smallest absolute Gasteiger partial charge is 0.223 e. The van der Waals surface area contributed by atoms with Gasteiger partial charge in [-0.3, -0.25) is 4.79 Å². The van der Waals surface area contributed by atoms with Crippen LogP contribution in [0.4, 0.5) is 0 Å². The van der Waals surface area contributed by atoms with Gasteiger partial charge in [0.15, 0.2) is 11.5 Å². The SMILES string of the molecule is CC(C)C(NC(=O)C1CCC1)c1ccc2c(c1)OCCO2. The van der Waals surface area contributed by atoms with Crippen LogP contribution in [0.1, 0.15) is 44.7 Å². The fourth-order valence-electron chi connectivity index (χ4n) is 2.83. The second kappa shape index (κ2) is 5.96. The average Bonchev–Trinajstić information content (AvgIpc) is 2.42. The molecule has 2 aliphatic rings. The van der Waals surface area contributed by atoms with Crippen molar-refractivity contribution in [2.45, 2.75) is 39.2 Å². The Morgan fingerprint density at radius 1 is 1.19 bits per heavy atom. The highest BCUT2D eigenvalue weighted by atomic mass is 16.6. The van der Waals surface area contributed by atoms with Crippen molar-refractivity contribution in [2.24, 2.45) is 11.8 Å². The average molecular weight is 289 g/mol. The van der Waals surface area contributed by atoms with E-state index in [0.717, 1.165) is 29.9 Å². The Morgan fingerprint density at radius 3 is 2.52 bits per heavy atom. The van der Waals surface area contributed by atoms with Crippen LogP contribution in [0.25, 0.3) is 0 Å². The Balaban J connectivity index is 1.78. The molecule has 1 saturated carbocycles. The second-order valence-corrected chi connectivity index (χ2v) is 6.26. The van der Waals surface area contributed by atoms with E-state index in [1.165, 1.54) is 6.42 Å². The van der Waals surface area contributed by atoms with Crippen LogP contribution in [-0.4, -0.2) is 19.1 Å². The zero-order valence-corrected chi connectivity index (χ0v) is 12.7. The van der Waals surface area contributed by atoms with Gasteiger partial charge in [-0.25, -0.2) is 0 Å². The molecule has 4 heteroatoms. The van der Waals surface area contributed by atoms with Gasteiger partial charge >= 0.3 is 0 Å². The first-order valence-electron chi connectivity index (χ1n) is 7.85. The topological polar surface area (TPSA) is 47.6 Å². The van der Waals surface area contributed by atoms with E-state index in [0.29, 0.717) is 19.1 Å². The lowest BCUT2D eigenvalue weighted by Gasteiger charge is -2.30. The standard InChI is InChI=1S/C17H23NO3/c1-11(2)16(18-17(19)12-4-3-5-12)13-6-7-14-15(10-13)21-9-8-20-14/h6-7,10-12,16H,3-5,8-9H2,1-2H3,(H,18,19). The van der Waals surface area contributed by atoms with Gasteiger partial charge < -0.3 is 14.8 Å². The molecule has 114 valence electrons. The van der Waals surface area contributed by atoms with Gasteiger partial charge in [-0.15, -0.1) is 0 Å². The number of hydrogen-bond acceptors (Lipinski definition) is 3. The molecule has 0 spiro atoms. The molecule has 1 aliphatic heterocycles. The van der Waals surface area contributed by atoms with Gasteiger partial charge in [-0.1, -0.05) is 26.3 Å². The van der Waals surface area contributed by atoms with E-state index in [-0.39, 0.29) is 17.9 Å². The molecule has 0 aromatic heterocycles. The quantitative estimate of drug-likeness (QED) is 0.926. The maximum atomic E-state index is 12.2. The highest BCUT2D eigenvalue weighted by Gasteiger charge is 2.28. The third-order valence-corrected chi connectivity index (χ3v) is 4.37. The van der Waals surface area contributed by atoms with Gasteiger partial charge in [0.05, 0.1) is 6.04 Å². The predicted octanol–water partition coefficient (Wildman–Crippen LogP) is 3.07. The molecule has 1 N–H and O–H groups in total. The van der Waals surface area contributed by atoms with E-state index in [2.05, 4.69) is 19.2 Å². The molecule has 1 aromatic carbocycles. The van der Waals surface area contributed by atoms with E-state index in [9.17, 15) is 4.79 Å². The summed E-state index contributed by atoms with van der Waals surface area (Å²) in [6.45, 7) is 5.43. The largest absolute Gasteiger partial charge is 0.486 e. The lowest BCUT2D eigenvalue weighted by molar-refractivity contribution is -0.128. The molecule has 1 unspecified atom stereocenters. The molecule has 21 heavy (non-hydrogen) atoms. The van der Waals surface area contributed by atoms with Crippen molar-refractivity contribution in [1.82, 2.24) is 5.32 Å². The number of ether oxygens (including phenoxy) is 2. The van der Waals surface area contributed by atoms with E-state index in [1.54, 1.807) is 0 Å². The molecule has 0 radical (unpaired) electrons. The fourth-order valence-corrected chi connectivity index (χ4v) is 2.83. The maximum absolute atomic E-state index is 12.2. The third-order valence-electron chi connectivity index (χ3n) is 4.37. The molecular weight excluding hydrogens is 266 g/mol. The van der Waals surface area contributed by atoms with Crippen LogP contribution in [0.15, 0.2) is 18.2 Å². The van der Waals surface area contributed by atoms with Gasteiger partial charge in [-0.2, -0.15) is 0 Å². The van der Waals surface area contributed by atoms with E-state index in [4.69, 9.17) is 9.47 Å². The van der Waals surface area contributed by atoms with Gasteiger partial charge in [0.25, 0.3) is 0 Å². The lowest BCUT2D eigenvalue weighted by atomic mass is 9.84. The van der Waals surface area contributed by atoms with Crippen molar-refractivity contribution < 1.29 is 14.3 Å². The van der Waals surface area contributed by atoms with Gasteiger partial charge in [0, 0.05) is 5.92 Å². The molecule has 1 aromatic rings. The van der Waals surface area contributed by atoms with Gasteiger partial charge in [-0.05, 0) is 36.5 Å². The Hall–Kier alpha value is -1.71. The minimum atomic E-state index is 0.0222. The van der Waals surface area contributed by atoms with E-state index >= 15 is 0 Å². The summed E-state index contributed by atoms with van der Waals surface area (Å²) in [4.78, 5) is 12.2. The van der Waals surface area contributed by atoms with Crippen molar-refractivity contribution in [3.05, 3.63) is 23.8 Å². The number of hydrogen-bond donors (Lipinski definition) is 1. The van der Waals surface area contributed by atoms with Crippen molar-refractivity contribution in [2.75, 3.05) is 13.2 Å². The number of nitrogens with one attached hydrogen (secondary N) is 1. The molecule has 1 fully saturated rings. The van der Waals surface area contributed by atoms with Crippen molar-refractivity contribution in [3.8, 4) is 11.5 Å². The van der Waals surface area contributed by atoms with Crippen molar-refractivity contribution in [1.29, 1.82) is 0 Å². The molecule has 4 nitrogen and oxygen atoms in total. The summed E-state index contributed by atoms with van der Waals surface area (Å²) in [6, 6.07) is 5.99. The highest BCUT2D eigenvalue weighted by molar-refractivity contribution is 5.79. The van der Waals surface area contributed by atoms with E-state index in [1.807, 2.05) is 18.2 Å². The van der Waals surface area contributed by atoms with Crippen LogP contribution in [0.5, 0.6) is 11.5 Å². The Morgan fingerprint density at radius 2 is 1.90 bits per heavy atom. The van der Waals surface area contributed by atoms with Gasteiger partial charge in [0.1, 0.15) is 13.2 Å². The molecule has 1 amide bonds. The number of benzene rings is 1. The Bertz CT molecular complexity index is 523. The molecular formula is C17H23NO3. The maximum Gasteiger partial charge on any atom is 0.223 e. The van der Waals surface area contributed by atoms with Gasteiger partial charge in [0.2, 0.25) is 5.91 Å². The number of amides is 1. The van der Waals surface area contributed by atoms with Crippen LogP contribution >= 0.6 is 0 Å². The normalized spacial score (nSPS) is 19.0. The summed E-state index contributed by atoms with van der Waals surface area (Å²) in [6.07, 6.45) is 3.23. The number of carbonyl (C=O) groups excluding carboxylic acids is 1. The van der Waals surface area contributed by atoms with Crippen LogP contribution < -0.4 is 14.8 Å². The zero-order chi connectivity index (χ0) is 14.8. The summed E-state index contributed by atoms with van der Waals surface area (Å²) in [5.74, 6) is 2.30. The summed E-state index contributed by atoms with van der Waals surface area (Å²) in [7, 11) is 0. The highest BCUT2D eigenvalue weighted by Crippen LogP contribution is 2.35. The number of rotatable bonds is 4. The molecule has 0 bridgehead atoms. The second-order valence-electron chi connectivity index (χ2n) is 6.26. The van der Waals surface area contributed by atoms with Crippen LogP contribution in [-0.2, 0) is 4.79 Å². The minimum Gasteiger partial charge on any atom is -0.486 e. The molecule has 3 rings (SSSR count). The monoisotopic (exact) mass is 289 g/mol. The van der Waals surface area contributed by atoms with Crippen LogP contribution in [0, 0.1) is 11.8 Å². The van der Waals surface area contributed by atoms with Crippen LogP contribution in [0.2, 0.25) is 0 Å². The third kappa shape index (κ3) is 2.99. The van der Waals surface area contributed by atoms with Crippen molar-refractivity contribution >= 4 is 5.91 Å². The number of carbonyl (C=O) groups is 1. The van der Waals surface area contributed by atoms with Crippen molar-refractivity contribution in [3.63, 3.8) is 0 Å². The van der Waals surface area contributed by atoms with Crippen LogP contribution in [0.3, 0.4) is 0 Å². The zero-order valence-electron chi connectivity index (χ0n) is 12.7. The Labute approximate surface area is 125 Å². The molecule has 1 atom stereocenters. The summed E-state index contributed by atoms with van der Waals surface area (Å²) in [5.41, 5.74) is 1.09. The Kier molecular flexibility index (Phi) is 4.04. The molecule has 1 aliphatic carbocycles.